The summed E-state index contributed by atoms with van der Waals surface area (Å²) in [7, 11) is 12.5. The second-order valence-electron chi connectivity index (χ2n) is 4.13. The van der Waals surface area contributed by atoms with Gasteiger partial charge in [-0.05, 0) is 0 Å². The van der Waals surface area contributed by atoms with E-state index in [0.717, 1.165) is 35.1 Å². The first-order chi connectivity index (χ1) is 4.41. The summed E-state index contributed by atoms with van der Waals surface area (Å²) in [5, 5.41) is 0. The summed E-state index contributed by atoms with van der Waals surface area (Å²) in [6, 6.07) is 0. The zero-order chi connectivity index (χ0) is 7.83. The van der Waals surface area contributed by atoms with Gasteiger partial charge in [0.1, 0.15) is 26.2 Å². The van der Waals surface area contributed by atoms with Crippen molar-refractivity contribution < 1.29 is 26.0 Å². The average molecular weight is 229 g/mol. The molecule has 0 aromatic rings. The van der Waals surface area contributed by atoms with Crippen LogP contribution in [0, 0.1) is 14.1 Å². The monoisotopic (exact) mass is 229 g/mol. The van der Waals surface area contributed by atoms with E-state index in [-0.39, 0.29) is 31.9 Å². The fourth-order valence-electron chi connectivity index (χ4n) is 1.19. The van der Waals surface area contributed by atoms with Crippen molar-refractivity contribution in [2.75, 3.05) is 40.3 Å². The van der Waals surface area contributed by atoms with E-state index >= 15 is 0 Å². The summed E-state index contributed by atoms with van der Waals surface area (Å²) >= 11 is 0. The molecule has 0 unspecified atom stereocenters. The van der Waals surface area contributed by atoms with Crippen LogP contribution in [0.2, 0.25) is 0 Å². The van der Waals surface area contributed by atoms with Gasteiger partial charge >= 0.3 is 17.1 Å². The van der Waals surface area contributed by atoms with E-state index in [1.165, 1.54) is 0 Å². The molecule has 13 heavy (non-hydrogen) atoms. The molecule has 0 saturated carbocycles. The summed E-state index contributed by atoms with van der Waals surface area (Å²) in [4.78, 5) is 0. The van der Waals surface area contributed by atoms with Gasteiger partial charge in [0.25, 0.3) is 0 Å². The minimum Gasteiger partial charge on any atom is -0.450 e. The molecular weight excluding hydrogens is 203 g/mol. The Hall–Kier alpha value is 0.439. The predicted octanol–water partition coefficient (Wildman–Crippen LogP) is 1.75. The Labute approximate surface area is 95.6 Å². The van der Waals surface area contributed by atoms with E-state index in [4.69, 9.17) is 0 Å². The van der Waals surface area contributed by atoms with Crippen molar-refractivity contribution in [3.63, 3.8) is 0 Å². The molecule has 81 valence electrons. The fraction of sp³-hybridized carbons (Fsp3) is 0.800. The van der Waals surface area contributed by atoms with Crippen LogP contribution in [0.15, 0.2) is 0 Å². The van der Waals surface area contributed by atoms with Crippen LogP contribution in [0.1, 0.15) is 14.9 Å². The second-order valence-corrected chi connectivity index (χ2v) is 4.13. The van der Waals surface area contributed by atoms with Gasteiger partial charge in [-0.1, -0.05) is 14.9 Å². The molecular formula is C10H26MnN2+2. The smallest absolute Gasteiger partial charge is 0.450 e. The van der Waals surface area contributed by atoms with Crippen LogP contribution in [-0.4, -0.2) is 49.2 Å². The maximum absolute atomic E-state index is 4.09. The van der Waals surface area contributed by atoms with Crippen molar-refractivity contribution in [2.45, 2.75) is 14.9 Å². The van der Waals surface area contributed by atoms with Crippen molar-refractivity contribution in [2.24, 2.45) is 0 Å². The second kappa shape index (κ2) is 6.02. The molecule has 0 aliphatic carbocycles. The molecule has 1 heterocycles. The van der Waals surface area contributed by atoms with Gasteiger partial charge in [-0.3, -0.25) is 0 Å². The molecule has 0 aromatic carbocycles. The SMILES string of the molecule is C.C.[CH2-][N+]1(C)CC[N+]([CH2-])(C)CC1.[Mn+2]. The Kier molecular flexibility index (Phi) is 8.84. The summed E-state index contributed by atoms with van der Waals surface area (Å²) in [6.07, 6.45) is 0. The minimum absolute atomic E-state index is 0. The van der Waals surface area contributed by atoms with E-state index in [1.807, 2.05) is 0 Å². The summed E-state index contributed by atoms with van der Waals surface area (Å²) in [5.74, 6) is 0. The zero-order valence-electron chi connectivity index (χ0n) is 7.52. The molecule has 1 aliphatic rings. The fourth-order valence-corrected chi connectivity index (χ4v) is 1.19. The van der Waals surface area contributed by atoms with Crippen LogP contribution < -0.4 is 0 Å². The first-order valence-corrected chi connectivity index (χ1v) is 3.79. The Morgan fingerprint density at radius 1 is 0.769 bits per heavy atom. The van der Waals surface area contributed by atoms with Gasteiger partial charge in [0.2, 0.25) is 0 Å². The first-order valence-electron chi connectivity index (χ1n) is 3.79. The molecule has 3 heteroatoms. The Balaban J connectivity index is -0.000000333. The largest absolute Gasteiger partial charge is 2.00 e. The summed E-state index contributed by atoms with van der Waals surface area (Å²) in [5.41, 5.74) is 0. The molecule has 1 radical (unpaired) electrons. The van der Waals surface area contributed by atoms with Crippen LogP contribution in [0.3, 0.4) is 0 Å². The van der Waals surface area contributed by atoms with Crippen LogP contribution >= 0.6 is 0 Å². The molecule has 1 rings (SSSR count). The third kappa shape index (κ3) is 6.50. The number of likely N-dealkylation sites (N-methyl/N-ethyl adjacent to an activating group) is 2. The van der Waals surface area contributed by atoms with Crippen molar-refractivity contribution in [1.29, 1.82) is 0 Å². The third-order valence-corrected chi connectivity index (χ3v) is 2.36. The van der Waals surface area contributed by atoms with E-state index < -0.39 is 0 Å². The molecule has 1 fully saturated rings. The van der Waals surface area contributed by atoms with Crippen LogP contribution in [0.25, 0.3) is 0 Å². The normalized spacial score (nSPS) is 37.8. The Morgan fingerprint density at radius 2 is 0.923 bits per heavy atom. The summed E-state index contributed by atoms with van der Waals surface area (Å²) in [6.45, 7) is 4.61. The zero-order valence-corrected chi connectivity index (χ0v) is 8.70. The molecule has 0 spiro atoms. The molecule has 2 nitrogen and oxygen atoms in total. The van der Waals surface area contributed by atoms with Gasteiger partial charge in [0.05, 0.1) is 0 Å². The standard InChI is InChI=1S/C8H18N2.2CH4.Mn/c1-9(2)5-7-10(3,4)8-6-9;;;/h1,3,5-8H2,2,4H3;2*1H4;/q;;;+2. The molecule has 0 N–H and O–H groups in total. The van der Waals surface area contributed by atoms with E-state index in [1.54, 1.807) is 0 Å². The van der Waals surface area contributed by atoms with Crippen LogP contribution in [0.5, 0.6) is 0 Å². The molecule has 0 aromatic heterocycles. The van der Waals surface area contributed by atoms with Crippen molar-refractivity contribution in [3.05, 3.63) is 14.1 Å². The number of nitrogens with zero attached hydrogens (tertiary/aromatic N) is 2. The summed E-state index contributed by atoms with van der Waals surface area (Å²) < 4.78 is 1.84. The van der Waals surface area contributed by atoms with Gasteiger partial charge in [-0.2, -0.15) is 0 Å². The predicted molar refractivity (Wildman–Crippen MR) is 56.0 cm³/mol. The Bertz CT molecular complexity index is 105. The number of hydrogen-bond acceptors (Lipinski definition) is 0. The van der Waals surface area contributed by atoms with E-state index in [2.05, 4.69) is 28.2 Å². The van der Waals surface area contributed by atoms with E-state index in [9.17, 15) is 0 Å². The van der Waals surface area contributed by atoms with Gasteiger partial charge < -0.3 is 8.97 Å². The Morgan fingerprint density at radius 3 is 1.08 bits per heavy atom. The minimum atomic E-state index is 0. The first kappa shape index (κ1) is 19.1. The molecule has 0 atom stereocenters. The van der Waals surface area contributed by atoms with Crippen LogP contribution in [0.4, 0.5) is 0 Å². The number of rotatable bonds is 0. The quantitative estimate of drug-likeness (QED) is 0.337. The molecule has 1 saturated heterocycles. The average Bonchev–Trinajstić information content (AvgIpc) is 1.79. The van der Waals surface area contributed by atoms with Crippen molar-refractivity contribution >= 4 is 0 Å². The number of piperazine rings is 1. The van der Waals surface area contributed by atoms with Crippen molar-refractivity contribution in [3.8, 4) is 0 Å². The van der Waals surface area contributed by atoms with Crippen molar-refractivity contribution in [1.82, 2.24) is 0 Å². The van der Waals surface area contributed by atoms with Gasteiger partial charge in [-0.15, -0.1) is 14.1 Å². The third-order valence-electron chi connectivity index (χ3n) is 2.36. The van der Waals surface area contributed by atoms with Crippen LogP contribution in [-0.2, 0) is 17.1 Å². The van der Waals surface area contributed by atoms with Gasteiger partial charge in [0, 0.05) is 14.1 Å². The molecule has 0 amide bonds. The molecule has 1 aliphatic heterocycles. The maximum Gasteiger partial charge on any atom is 2.00 e. The maximum atomic E-state index is 4.09. The van der Waals surface area contributed by atoms with E-state index in [0.29, 0.717) is 0 Å². The number of hydrogen-bond donors (Lipinski definition) is 0. The topological polar surface area (TPSA) is 0 Å². The van der Waals surface area contributed by atoms with Gasteiger partial charge in [0.15, 0.2) is 0 Å². The van der Waals surface area contributed by atoms with Gasteiger partial charge in [-0.25, -0.2) is 0 Å². The molecule has 0 bridgehead atoms. The number of quaternary nitrogens is 2.